The van der Waals surface area contributed by atoms with Gasteiger partial charge in [-0.1, -0.05) is 11.2 Å². The minimum absolute atomic E-state index is 0.0179. The first kappa shape index (κ1) is 19.6. The lowest BCUT2D eigenvalue weighted by atomic mass is 10.1. The van der Waals surface area contributed by atoms with Gasteiger partial charge in [-0.05, 0) is 62.7 Å². The van der Waals surface area contributed by atoms with Gasteiger partial charge in [-0.3, -0.25) is 9.52 Å². The van der Waals surface area contributed by atoms with Crippen molar-refractivity contribution in [3.05, 3.63) is 70.9 Å². The van der Waals surface area contributed by atoms with Crippen LogP contribution in [0.25, 0.3) is 0 Å². The highest BCUT2D eigenvalue weighted by Gasteiger charge is 2.24. The molecule has 0 saturated carbocycles. The maximum atomic E-state index is 13.6. The SMILES string of the molecule is Cc1ccc(NC(=O)c2ccc(NS(=O)(=O)c3c(C)noc3C)cc2)cc1F. The van der Waals surface area contributed by atoms with Gasteiger partial charge in [0.2, 0.25) is 0 Å². The zero-order chi connectivity index (χ0) is 20.5. The first-order valence-electron chi connectivity index (χ1n) is 8.30. The normalized spacial score (nSPS) is 11.3. The Hall–Kier alpha value is -3.20. The molecule has 0 radical (unpaired) electrons. The summed E-state index contributed by atoms with van der Waals surface area (Å²) in [5.41, 5.74) is 1.63. The van der Waals surface area contributed by atoms with E-state index in [1.54, 1.807) is 19.1 Å². The summed E-state index contributed by atoms with van der Waals surface area (Å²) in [7, 11) is -3.87. The molecule has 3 aromatic rings. The Morgan fingerprint density at radius 1 is 1.04 bits per heavy atom. The van der Waals surface area contributed by atoms with Gasteiger partial charge in [0.15, 0.2) is 10.7 Å². The fourth-order valence-corrected chi connectivity index (χ4v) is 4.02. The molecule has 1 amide bonds. The van der Waals surface area contributed by atoms with Crippen molar-refractivity contribution < 1.29 is 22.1 Å². The Kier molecular flexibility index (Phi) is 5.19. The van der Waals surface area contributed by atoms with E-state index in [4.69, 9.17) is 4.52 Å². The summed E-state index contributed by atoms with van der Waals surface area (Å²) in [5.74, 6) is -0.670. The lowest BCUT2D eigenvalue weighted by Gasteiger charge is -2.09. The molecule has 7 nitrogen and oxygen atoms in total. The van der Waals surface area contributed by atoms with Crippen LogP contribution in [0.1, 0.15) is 27.4 Å². The Labute approximate surface area is 161 Å². The predicted molar refractivity (Wildman–Crippen MR) is 102 cm³/mol. The molecule has 0 atom stereocenters. The van der Waals surface area contributed by atoms with Gasteiger partial charge in [-0.15, -0.1) is 0 Å². The van der Waals surface area contributed by atoms with Crippen LogP contribution in [0.5, 0.6) is 0 Å². The number of aryl methyl sites for hydroxylation is 3. The number of hydrogen-bond acceptors (Lipinski definition) is 5. The summed E-state index contributed by atoms with van der Waals surface area (Å²) >= 11 is 0. The van der Waals surface area contributed by atoms with Crippen LogP contribution in [0.4, 0.5) is 15.8 Å². The second kappa shape index (κ2) is 7.43. The minimum atomic E-state index is -3.87. The summed E-state index contributed by atoms with van der Waals surface area (Å²) in [4.78, 5) is 12.3. The van der Waals surface area contributed by atoms with Crippen molar-refractivity contribution in [1.29, 1.82) is 0 Å². The molecular weight excluding hydrogens is 385 g/mol. The van der Waals surface area contributed by atoms with Crippen LogP contribution in [0.3, 0.4) is 0 Å². The average molecular weight is 403 g/mol. The number of nitrogens with zero attached hydrogens (tertiary/aromatic N) is 1. The Morgan fingerprint density at radius 3 is 2.25 bits per heavy atom. The molecule has 2 N–H and O–H groups in total. The second-order valence-electron chi connectivity index (χ2n) is 6.25. The molecule has 0 saturated heterocycles. The molecule has 0 bridgehead atoms. The lowest BCUT2D eigenvalue weighted by Crippen LogP contribution is -2.15. The summed E-state index contributed by atoms with van der Waals surface area (Å²) in [6.45, 7) is 4.67. The van der Waals surface area contributed by atoms with E-state index < -0.39 is 21.7 Å². The van der Waals surface area contributed by atoms with Gasteiger partial charge in [-0.2, -0.15) is 0 Å². The monoisotopic (exact) mass is 403 g/mol. The van der Waals surface area contributed by atoms with Crippen LogP contribution in [0, 0.1) is 26.6 Å². The maximum absolute atomic E-state index is 13.6. The molecule has 0 aliphatic carbocycles. The Morgan fingerprint density at radius 2 is 1.68 bits per heavy atom. The molecule has 1 heterocycles. The zero-order valence-corrected chi connectivity index (χ0v) is 16.2. The molecule has 0 spiro atoms. The van der Waals surface area contributed by atoms with Gasteiger partial charge in [0, 0.05) is 16.9 Å². The number of anilines is 2. The van der Waals surface area contributed by atoms with E-state index in [9.17, 15) is 17.6 Å². The first-order chi connectivity index (χ1) is 13.2. The third-order valence-corrected chi connectivity index (χ3v) is 5.69. The average Bonchev–Trinajstić information content (AvgIpc) is 2.97. The lowest BCUT2D eigenvalue weighted by molar-refractivity contribution is 0.102. The number of rotatable bonds is 5. The molecule has 9 heteroatoms. The third kappa shape index (κ3) is 4.04. The molecule has 2 aromatic carbocycles. The molecule has 3 rings (SSSR count). The number of nitrogens with one attached hydrogen (secondary N) is 2. The molecular formula is C19H18FN3O4S. The number of aromatic nitrogens is 1. The maximum Gasteiger partial charge on any atom is 0.267 e. The van der Waals surface area contributed by atoms with E-state index in [2.05, 4.69) is 15.2 Å². The van der Waals surface area contributed by atoms with Crippen molar-refractivity contribution in [2.75, 3.05) is 10.0 Å². The molecule has 0 fully saturated rings. The van der Waals surface area contributed by atoms with Gasteiger partial charge >= 0.3 is 0 Å². The van der Waals surface area contributed by atoms with Crippen molar-refractivity contribution in [3.8, 4) is 0 Å². The van der Waals surface area contributed by atoms with E-state index in [1.165, 1.54) is 44.2 Å². The van der Waals surface area contributed by atoms with Crippen LogP contribution >= 0.6 is 0 Å². The second-order valence-corrected chi connectivity index (χ2v) is 7.87. The molecule has 0 aliphatic rings. The molecule has 146 valence electrons. The zero-order valence-electron chi connectivity index (χ0n) is 15.4. The van der Waals surface area contributed by atoms with E-state index in [0.717, 1.165) is 0 Å². The number of carbonyl (C=O) groups is 1. The van der Waals surface area contributed by atoms with Gasteiger partial charge in [0.1, 0.15) is 11.5 Å². The Balaban J connectivity index is 1.74. The smallest absolute Gasteiger partial charge is 0.267 e. The quantitative estimate of drug-likeness (QED) is 0.675. The highest BCUT2D eigenvalue weighted by atomic mass is 32.2. The highest BCUT2D eigenvalue weighted by molar-refractivity contribution is 7.92. The van der Waals surface area contributed by atoms with Gasteiger partial charge in [0.05, 0.1) is 0 Å². The highest BCUT2D eigenvalue weighted by Crippen LogP contribution is 2.23. The van der Waals surface area contributed by atoms with E-state index in [0.29, 0.717) is 16.8 Å². The summed E-state index contributed by atoms with van der Waals surface area (Å²) in [6.07, 6.45) is 0. The van der Waals surface area contributed by atoms with Gasteiger partial charge in [0.25, 0.3) is 15.9 Å². The van der Waals surface area contributed by atoms with Crippen molar-refractivity contribution in [2.45, 2.75) is 25.7 Å². The number of carbonyl (C=O) groups excluding carboxylic acids is 1. The predicted octanol–water partition coefficient (Wildman–Crippen LogP) is 3.79. The largest absolute Gasteiger partial charge is 0.360 e. The van der Waals surface area contributed by atoms with E-state index in [-0.39, 0.29) is 22.0 Å². The van der Waals surface area contributed by atoms with Crippen molar-refractivity contribution >= 4 is 27.3 Å². The molecule has 1 aromatic heterocycles. The van der Waals surface area contributed by atoms with Crippen LogP contribution < -0.4 is 10.0 Å². The van der Waals surface area contributed by atoms with Crippen molar-refractivity contribution in [2.24, 2.45) is 0 Å². The number of sulfonamides is 1. The van der Waals surface area contributed by atoms with Crippen LogP contribution in [-0.2, 0) is 10.0 Å². The van der Waals surface area contributed by atoms with E-state index in [1.807, 2.05) is 0 Å². The third-order valence-electron chi connectivity index (χ3n) is 4.07. The summed E-state index contributed by atoms with van der Waals surface area (Å²) < 4.78 is 45.9. The molecule has 28 heavy (non-hydrogen) atoms. The van der Waals surface area contributed by atoms with E-state index >= 15 is 0 Å². The van der Waals surface area contributed by atoms with Crippen LogP contribution in [-0.4, -0.2) is 19.5 Å². The van der Waals surface area contributed by atoms with Crippen molar-refractivity contribution in [1.82, 2.24) is 5.16 Å². The van der Waals surface area contributed by atoms with Crippen LogP contribution in [0.15, 0.2) is 51.9 Å². The fraction of sp³-hybridized carbons (Fsp3) is 0.158. The topological polar surface area (TPSA) is 101 Å². The molecule has 0 unspecified atom stereocenters. The van der Waals surface area contributed by atoms with Crippen LogP contribution in [0.2, 0.25) is 0 Å². The standard InChI is InChI=1S/C19H18FN3O4S/c1-11-4-7-16(10-17(11)20)21-19(24)14-5-8-15(9-6-14)23-28(25,26)18-12(2)22-27-13(18)3/h4-10,23H,1-3H3,(H,21,24). The number of amides is 1. The number of benzene rings is 2. The minimum Gasteiger partial charge on any atom is -0.360 e. The number of hydrogen-bond donors (Lipinski definition) is 2. The summed E-state index contributed by atoms with van der Waals surface area (Å²) in [5, 5.41) is 6.23. The Bertz CT molecular complexity index is 1120. The summed E-state index contributed by atoms with van der Waals surface area (Å²) in [6, 6.07) is 10.2. The van der Waals surface area contributed by atoms with Crippen molar-refractivity contribution in [3.63, 3.8) is 0 Å². The fourth-order valence-electron chi connectivity index (χ4n) is 2.63. The number of halogens is 1. The first-order valence-corrected chi connectivity index (χ1v) is 9.79. The van der Waals surface area contributed by atoms with Gasteiger partial charge in [-0.25, -0.2) is 12.8 Å². The molecule has 0 aliphatic heterocycles. The van der Waals surface area contributed by atoms with Gasteiger partial charge < -0.3 is 9.84 Å².